The monoisotopic (exact) mass is 428 g/mol. The van der Waals surface area contributed by atoms with Crippen LogP contribution in [-0.2, 0) is 13.1 Å². The van der Waals surface area contributed by atoms with Crippen LogP contribution in [0, 0.1) is 6.92 Å². The summed E-state index contributed by atoms with van der Waals surface area (Å²) in [6.07, 6.45) is 9.89. The van der Waals surface area contributed by atoms with Gasteiger partial charge < -0.3 is 5.32 Å². The van der Waals surface area contributed by atoms with Crippen LogP contribution in [-0.4, -0.2) is 53.4 Å². The Kier molecular flexibility index (Phi) is 5.55. The minimum absolute atomic E-state index is 0.168. The Morgan fingerprint density at radius 1 is 1.16 bits per heavy atom. The summed E-state index contributed by atoms with van der Waals surface area (Å²) in [6.45, 7) is 4.97. The molecule has 1 amide bonds. The number of aromatic nitrogens is 6. The van der Waals surface area contributed by atoms with Crippen LogP contribution in [0.3, 0.4) is 0 Å². The first-order valence-corrected chi connectivity index (χ1v) is 10.7. The molecule has 9 heteroatoms. The zero-order valence-electron chi connectivity index (χ0n) is 17.8. The third kappa shape index (κ3) is 4.33. The van der Waals surface area contributed by atoms with Gasteiger partial charge in [0.05, 0.1) is 29.7 Å². The molecule has 162 valence electrons. The average Bonchev–Trinajstić information content (AvgIpc) is 3.45. The van der Waals surface area contributed by atoms with Gasteiger partial charge in [-0.05, 0) is 43.7 Å². The van der Waals surface area contributed by atoms with E-state index in [0.29, 0.717) is 12.1 Å². The van der Waals surface area contributed by atoms with Crippen molar-refractivity contribution in [1.29, 1.82) is 0 Å². The van der Waals surface area contributed by atoms with Crippen molar-refractivity contribution in [2.24, 2.45) is 0 Å². The van der Waals surface area contributed by atoms with E-state index in [1.807, 2.05) is 35.9 Å². The highest BCUT2D eigenvalue weighted by Gasteiger charge is 2.28. The maximum atomic E-state index is 12.7. The molecular formula is C23H24N8O. The molecule has 0 bridgehead atoms. The Labute approximate surface area is 185 Å². The molecule has 1 unspecified atom stereocenters. The normalized spacial score (nSPS) is 16.5. The van der Waals surface area contributed by atoms with E-state index in [1.54, 1.807) is 24.7 Å². The molecule has 1 saturated heterocycles. The highest BCUT2D eigenvalue weighted by Crippen LogP contribution is 2.27. The molecule has 1 aliphatic rings. The highest BCUT2D eigenvalue weighted by atomic mass is 16.1. The summed E-state index contributed by atoms with van der Waals surface area (Å²) in [5.74, 6) is 0.995. The van der Waals surface area contributed by atoms with E-state index in [1.165, 1.54) is 5.56 Å². The number of fused-ring (bicyclic) bond motifs is 1. The van der Waals surface area contributed by atoms with Crippen molar-refractivity contribution in [1.82, 2.24) is 39.8 Å². The van der Waals surface area contributed by atoms with Crippen molar-refractivity contribution in [3.63, 3.8) is 0 Å². The van der Waals surface area contributed by atoms with Crippen molar-refractivity contribution >= 4 is 11.6 Å². The van der Waals surface area contributed by atoms with Crippen LogP contribution >= 0.6 is 0 Å². The lowest BCUT2D eigenvalue weighted by Crippen LogP contribution is -2.24. The Morgan fingerprint density at radius 3 is 2.91 bits per heavy atom. The summed E-state index contributed by atoms with van der Waals surface area (Å²) < 4.78 is 1.94. The predicted octanol–water partition coefficient (Wildman–Crippen LogP) is 2.14. The topological polar surface area (TPSA) is 101 Å². The van der Waals surface area contributed by atoms with Gasteiger partial charge in [0, 0.05) is 43.8 Å². The van der Waals surface area contributed by atoms with Gasteiger partial charge in [-0.1, -0.05) is 6.07 Å². The lowest BCUT2D eigenvalue weighted by Gasteiger charge is -2.15. The Balaban J connectivity index is 1.28. The molecule has 4 aromatic rings. The number of carbonyl (C=O) groups is 1. The Bertz CT molecular complexity index is 1220. The summed E-state index contributed by atoms with van der Waals surface area (Å²) in [7, 11) is 0. The number of likely N-dealkylation sites (tertiary alicyclic amines) is 1. The lowest BCUT2D eigenvalue weighted by molar-refractivity contribution is 0.0950. The van der Waals surface area contributed by atoms with Gasteiger partial charge in [-0.15, -0.1) is 10.2 Å². The highest BCUT2D eigenvalue weighted by molar-refractivity contribution is 5.94. The Hall–Kier alpha value is -3.72. The van der Waals surface area contributed by atoms with E-state index in [-0.39, 0.29) is 11.8 Å². The molecule has 32 heavy (non-hydrogen) atoms. The molecule has 4 aromatic heterocycles. The van der Waals surface area contributed by atoms with Crippen molar-refractivity contribution in [3.05, 3.63) is 83.6 Å². The van der Waals surface area contributed by atoms with Gasteiger partial charge in [0.25, 0.3) is 5.91 Å². The second-order valence-corrected chi connectivity index (χ2v) is 8.12. The molecule has 1 N–H and O–H groups in total. The number of hydrogen-bond acceptors (Lipinski definition) is 7. The first kappa shape index (κ1) is 20.2. The van der Waals surface area contributed by atoms with Gasteiger partial charge in [-0.2, -0.15) is 0 Å². The van der Waals surface area contributed by atoms with E-state index in [2.05, 4.69) is 41.4 Å². The van der Waals surface area contributed by atoms with E-state index in [9.17, 15) is 4.79 Å². The molecule has 0 saturated carbocycles. The maximum Gasteiger partial charge on any atom is 0.253 e. The SMILES string of the molecule is Cc1cnc(CNC(=O)c2ccc3nnc(C4CCN(Cc5cccnc5)C4)n3c2)cn1. The molecule has 0 aliphatic carbocycles. The van der Waals surface area contributed by atoms with Crippen LogP contribution in [0.4, 0.5) is 0 Å². The fourth-order valence-electron chi connectivity index (χ4n) is 4.04. The lowest BCUT2D eigenvalue weighted by atomic mass is 10.1. The number of amides is 1. The fraction of sp³-hybridized carbons (Fsp3) is 0.304. The number of nitrogens with zero attached hydrogens (tertiary/aromatic N) is 7. The molecule has 9 nitrogen and oxygen atoms in total. The maximum absolute atomic E-state index is 12.7. The van der Waals surface area contributed by atoms with E-state index >= 15 is 0 Å². The van der Waals surface area contributed by atoms with Crippen LogP contribution < -0.4 is 5.32 Å². The Morgan fingerprint density at radius 2 is 2.09 bits per heavy atom. The van der Waals surface area contributed by atoms with Crippen LogP contribution in [0.5, 0.6) is 0 Å². The zero-order chi connectivity index (χ0) is 21.9. The number of nitrogens with one attached hydrogen (secondary N) is 1. The summed E-state index contributed by atoms with van der Waals surface area (Å²) in [4.78, 5) is 27.8. The van der Waals surface area contributed by atoms with E-state index < -0.39 is 0 Å². The molecule has 5 heterocycles. The van der Waals surface area contributed by atoms with Gasteiger partial charge in [-0.3, -0.25) is 29.0 Å². The van der Waals surface area contributed by atoms with Crippen molar-refractivity contribution in [2.45, 2.75) is 32.4 Å². The van der Waals surface area contributed by atoms with Crippen molar-refractivity contribution in [3.8, 4) is 0 Å². The molecule has 1 aliphatic heterocycles. The predicted molar refractivity (Wildman–Crippen MR) is 118 cm³/mol. The third-order valence-electron chi connectivity index (χ3n) is 5.72. The first-order valence-electron chi connectivity index (χ1n) is 10.7. The molecule has 1 fully saturated rings. The smallest absolute Gasteiger partial charge is 0.253 e. The quantitative estimate of drug-likeness (QED) is 0.502. The van der Waals surface area contributed by atoms with Gasteiger partial charge >= 0.3 is 0 Å². The molecule has 0 aromatic carbocycles. The van der Waals surface area contributed by atoms with Crippen LogP contribution in [0.1, 0.15) is 45.5 Å². The molecule has 1 atom stereocenters. The van der Waals surface area contributed by atoms with Crippen molar-refractivity contribution < 1.29 is 4.79 Å². The number of rotatable bonds is 6. The van der Waals surface area contributed by atoms with Gasteiger partial charge in [0.1, 0.15) is 5.82 Å². The molecule has 0 spiro atoms. The van der Waals surface area contributed by atoms with Gasteiger partial charge in [-0.25, -0.2) is 0 Å². The third-order valence-corrected chi connectivity index (χ3v) is 5.72. The second kappa shape index (κ2) is 8.80. The summed E-state index contributed by atoms with van der Waals surface area (Å²) in [5.41, 5.74) is 4.07. The summed E-state index contributed by atoms with van der Waals surface area (Å²) in [6, 6.07) is 7.67. The van der Waals surface area contributed by atoms with Crippen molar-refractivity contribution in [2.75, 3.05) is 13.1 Å². The van der Waals surface area contributed by atoms with E-state index in [0.717, 1.165) is 48.9 Å². The average molecular weight is 429 g/mol. The second-order valence-electron chi connectivity index (χ2n) is 8.12. The minimum atomic E-state index is -0.168. The number of pyridine rings is 2. The first-order chi connectivity index (χ1) is 15.7. The molecule has 0 radical (unpaired) electrons. The zero-order valence-corrected chi connectivity index (χ0v) is 17.8. The van der Waals surface area contributed by atoms with Crippen LogP contribution in [0.15, 0.2) is 55.2 Å². The van der Waals surface area contributed by atoms with Crippen LogP contribution in [0.2, 0.25) is 0 Å². The van der Waals surface area contributed by atoms with Gasteiger partial charge in [0.15, 0.2) is 5.65 Å². The van der Waals surface area contributed by atoms with E-state index in [4.69, 9.17) is 0 Å². The standard InChI is InChI=1S/C23H24N8O/c1-16-9-26-20(11-25-16)12-27-23(32)19-4-5-21-28-29-22(31(21)15-19)18-6-8-30(14-18)13-17-3-2-7-24-10-17/h2-5,7,9-11,15,18H,6,8,12-14H2,1H3,(H,27,32). The number of aryl methyl sites for hydroxylation is 1. The molecular weight excluding hydrogens is 404 g/mol. The summed E-state index contributed by atoms with van der Waals surface area (Å²) >= 11 is 0. The minimum Gasteiger partial charge on any atom is -0.346 e. The van der Waals surface area contributed by atoms with Gasteiger partial charge in [0.2, 0.25) is 0 Å². The number of hydrogen-bond donors (Lipinski definition) is 1. The number of carbonyl (C=O) groups excluding carboxylic acids is 1. The van der Waals surface area contributed by atoms with Crippen LogP contribution in [0.25, 0.3) is 5.65 Å². The summed E-state index contributed by atoms with van der Waals surface area (Å²) in [5, 5.41) is 11.7. The largest absolute Gasteiger partial charge is 0.346 e. The fourth-order valence-corrected chi connectivity index (χ4v) is 4.04. The molecule has 5 rings (SSSR count).